The molecule has 0 radical (unpaired) electrons. The third kappa shape index (κ3) is 4.31. The number of amides is 2. The van der Waals surface area contributed by atoms with Gasteiger partial charge in [0.2, 0.25) is 5.91 Å². The molecule has 1 N–H and O–H groups in total. The first-order valence-corrected chi connectivity index (χ1v) is 8.98. The lowest BCUT2D eigenvalue weighted by Crippen LogP contribution is -2.31. The van der Waals surface area contributed by atoms with Crippen LogP contribution in [0.3, 0.4) is 0 Å². The van der Waals surface area contributed by atoms with Crippen molar-refractivity contribution in [1.82, 2.24) is 4.90 Å². The highest BCUT2D eigenvalue weighted by atomic mass is 35.5. The van der Waals surface area contributed by atoms with Crippen LogP contribution in [0.4, 0.5) is 5.69 Å². The summed E-state index contributed by atoms with van der Waals surface area (Å²) in [7, 11) is 0. The Bertz CT molecular complexity index is 849. The number of carbonyl (C=O) groups excluding carboxylic acids is 2. The molecule has 1 saturated heterocycles. The molecule has 25 heavy (non-hydrogen) atoms. The zero-order valence-electron chi connectivity index (χ0n) is 12.9. The normalized spacial score (nSPS) is 15.9. The van der Waals surface area contributed by atoms with Gasteiger partial charge in [-0.25, -0.2) is 0 Å². The van der Waals surface area contributed by atoms with E-state index in [1.165, 1.54) is 22.9 Å². The Morgan fingerprint density at radius 3 is 2.84 bits per heavy atom. The minimum absolute atomic E-state index is 0.117. The van der Waals surface area contributed by atoms with Gasteiger partial charge in [0.1, 0.15) is 10.1 Å². The first-order valence-electron chi connectivity index (χ1n) is 7.38. The second kappa shape index (κ2) is 7.86. The average molecular weight is 393 g/mol. The predicted molar refractivity (Wildman–Crippen MR) is 103 cm³/mol. The van der Waals surface area contributed by atoms with Crippen molar-refractivity contribution < 1.29 is 14.0 Å². The summed E-state index contributed by atoms with van der Waals surface area (Å²) in [5, 5.41) is 3.18. The maximum atomic E-state index is 12.4. The fraction of sp³-hybridized carbons (Fsp3) is 0.118. The Hall–Kier alpha value is -2.09. The van der Waals surface area contributed by atoms with Gasteiger partial charge in [0, 0.05) is 19.0 Å². The molecule has 2 amide bonds. The molecule has 0 saturated carbocycles. The number of para-hydroxylation sites is 1. The molecule has 2 heterocycles. The lowest BCUT2D eigenvalue weighted by atomic mass is 10.3. The van der Waals surface area contributed by atoms with E-state index in [0.29, 0.717) is 25.7 Å². The molecule has 8 heteroatoms. The van der Waals surface area contributed by atoms with Crippen LogP contribution in [0.5, 0.6) is 0 Å². The molecule has 128 valence electrons. The zero-order chi connectivity index (χ0) is 17.8. The van der Waals surface area contributed by atoms with Gasteiger partial charge in [0.25, 0.3) is 5.91 Å². The van der Waals surface area contributed by atoms with Crippen LogP contribution in [0.2, 0.25) is 5.02 Å². The smallest absolute Gasteiger partial charge is 0.266 e. The van der Waals surface area contributed by atoms with Crippen LogP contribution in [0, 0.1) is 0 Å². The van der Waals surface area contributed by atoms with Gasteiger partial charge in [0.05, 0.1) is 21.9 Å². The summed E-state index contributed by atoms with van der Waals surface area (Å²) in [5.74, 6) is 0.117. The van der Waals surface area contributed by atoms with Gasteiger partial charge in [-0.1, -0.05) is 47.7 Å². The van der Waals surface area contributed by atoms with E-state index in [4.69, 9.17) is 28.2 Å². The van der Waals surface area contributed by atoms with Crippen LogP contribution in [-0.2, 0) is 9.59 Å². The Morgan fingerprint density at radius 1 is 1.32 bits per heavy atom. The highest BCUT2D eigenvalue weighted by Crippen LogP contribution is 2.32. The van der Waals surface area contributed by atoms with Gasteiger partial charge in [-0.15, -0.1) is 0 Å². The average Bonchev–Trinajstić information content (AvgIpc) is 3.18. The minimum atomic E-state index is -0.239. The summed E-state index contributed by atoms with van der Waals surface area (Å²) in [4.78, 5) is 26.4. The number of benzene rings is 1. The topological polar surface area (TPSA) is 62.6 Å². The van der Waals surface area contributed by atoms with Crippen molar-refractivity contribution in [3.05, 3.63) is 58.3 Å². The summed E-state index contributed by atoms with van der Waals surface area (Å²) in [6.07, 6.45) is 3.29. The van der Waals surface area contributed by atoms with Crippen LogP contribution in [0.15, 0.2) is 52.0 Å². The highest BCUT2D eigenvalue weighted by Gasteiger charge is 2.32. The molecule has 3 rings (SSSR count). The van der Waals surface area contributed by atoms with Crippen molar-refractivity contribution in [3.8, 4) is 0 Å². The van der Waals surface area contributed by atoms with Gasteiger partial charge < -0.3 is 9.73 Å². The summed E-state index contributed by atoms with van der Waals surface area (Å²) in [5.41, 5.74) is 0.539. The van der Waals surface area contributed by atoms with Gasteiger partial charge in [-0.2, -0.15) is 0 Å². The third-order valence-electron chi connectivity index (χ3n) is 3.40. The van der Waals surface area contributed by atoms with E-state index in [9.17, 15) is 9.59 Å². The van der Waals surface area contributed by atoms with Crippen LogP contribution < -0.4 is 5.32 Å². The lowest BCUT2D eigenvalue weighted by Gasteiger charge is -2.14. The number of anilines is 1. The Labute approximate surface area is 159 Å². The van der Waals surface area contributed by atoms with Crippen molar-refractivity contribution in [1.29, 1.82) is 0 Å². The Balaban J connectivity index is 1.59. The molecule has 0 aliphatic carbocycles. The molecule has 5 nitrogen and oxygen atoms in total. The number of furan rings is 1. The van der Waals surface area contributed by atoms with Gasteiger partial charge in [0.15, 0.2) is 0 Å². The third-order valence-corrected chi connectivity index (χ3v) is 5.11. The monoisotopic (exact) mass is 392 g/mol. The number of halogens is 1. The number of thiocarbonyl (C=S) groups is 1. The number of hydrogen-bond acceptors (Lipinski definition) is 5. The fourth-order valence-electron chi connectivity index (χ4n) is 2.18. The molecule has 1 fully saturated rings. The van der Waals surface area contributed by atoms with E-state index >= 15 is 0 Å². The van der Waals surface area contributed by atoms with E-state index in [1.54, 1.807) is 42.5 Å². The molecule has 1 aliphatic rings. The van der Waals surface area contributed by atoms with E-state index in [-0.39, 0.29) is 24.8 Å². The molecule has 2 aromatic rings. The van der Waals surface area contributed by atoms with Gasteiger partial charge >= 0.3 is 0 Å². The van der Waals surface area contributed by atoms with Crippen molar-refractivity contribution in [3.63, 3.8) is 0 Å². The summed E-state index contributed by atoms with van der Waals surface area (Å²) >= 11 is 12.4. The largest absolute Gasteiger partial charge is 0.465 e. The maximum Gasteiger partial charge on any atom is 0.266 e. The molecule has 1 aliphatic heterocycles. The van der Waals surface area contributed by atoms with Gasteiger partial charge in [-0.05, 0) is 24.3 Å². The molecular formula is C17H13ClN2O3S2. The molecule has 0 atom stereocenters. The lowest BCUT2D eigenvalue weighted by molar-refractivity contribution is -0.122. The number of hydrogen-bond donors (Lipinski definition) is 1. The Morgan fingerprint density at radius 2 is 2.12 bits per heavy atom. The maximum absolute atomic E-state index is 12.4. The van der Waals surface area contributed by atoms with Crippen molar-refractivity contribution in [2.75, 3.05) is 11.9 Å². The molecular weight excluding hydrogens is 380 g/mol. The first-order chi connectivity index (χ1) is 12.0. The second-order valence-corrected chi connectivity index (χ2v) is 7.21. The van der Waals surface area contributed by atoms with Crippen molar-refractivity contribution >= 4 is 63.5 Å². The molecule has 0 spiro atoms. The minimum Gasteiger partial charge on any atom is -0.465 e. The number of nitrogens with zero attached hydrogens (tertiary/aromatic N) is 1. The standard InChI is InChI=1S/C17H13ClN2O3S2/c18-12-5-1-2-6-13(12)19-15(21)7-8-20-16(22)14(25-17(20)24)10-11-4-3-9-23-11/h1-6,9-10H,7-8H2,(H,19,21). The quantitative estimate of drug-likeness (QED) is 0.611. The number of nitrogens with one attached hydrogen (secondary N) is 1. The van der Waals surface area contributed by atoms with Crippen LogP contribution in [0.1, 0.15) is 12.2 Å². The molecule has 1 aromatic heterocycles. The zero-order valence-corrected chi connectivity index (χ0v) is 15.3. The summed E-state index contributed by atoms with van der Waals surface area (Å²) in [6.45, 7) is 0.205. The van der Waals surface area contributed by atoms with E-state index in [1.807, 2.05) is 0 Å². The highest BCUT2D eigenvalue weighted by molar-refractivity contribution is 8.26. The number of rotatable bonds is 5. The van der Waals surface area contributed by atoms with E-state index in [2.05, 4.69) is 5.32 Å². The van der Waals surface area contributed by atoms with E-state index < -0.39 is 0 Å². The summed E-state index contributed by atoms with van der Waals surface area (Å²) in [6, 6.07) is 10.5. The van der Waals surface area contributed by atoms with Crippen LogP contribution in [-0.4, -0.2) is 27.6 Å². The van der Waals surface area contributed by atoms with Crippen LogP contribution in [0.25, 0.3) is 6.08 Å². The fourth-order valence-corrected chi connectivity index (χ4v) is 3.66. The van der Waals surface area contributed by atoms with Crippen LogP contribution >= 0.6 is 35.6 Å². The summed E-state index contributed by atoms with van der Waals surface area (Å²) < 4.78 is 5.63. The van der Waals surface area contributed by atoms with Crippen molar-refractivity contribution in [2.24, 2.45) is 0 Å². The molecule has 1 aromatic carbocycles. The number of carbonyl (C=O) groups is 2. The first kappa shape index (κ1) is 17.7. The van der Waals surface area contributed by atoms with E-state index in [0.717, 1.165) is 0 Å². The predicted octanol–water partition coefficient (Wildman–Crippen LogP) is 4.16. The second-order valence-electron chi connectivity index (χ2n) is 5.13. The SMILES string of the molecule is O=C(CCN1C(=O)C(=Cc2ccco2)SC1=S)Nc1ccccc1Cl. The molecule has 0 bridgehead atoms. The van der Waals surface area contributed by atoms with Gasteiger partial charge in [-0.3, -0.25) is 14.5 Å². The Kier molecular flexibility index (Phi) is 5.57. The number of thioether (sulfide) groups is 1. The van der Waals surface area contributed by atoms with Crippen molar-refractivity contribution in [2.45, 2.75) is 6.42 Å². The molecule has 0 unspecified atom stereocenters.